The molecule has 0 aliphatic heterocycles. The fraction of sp³-hybridized carbons (Fsp3) is 0.500. The van der Waals surface area contributed by atoms with Gasteiger partial charge in [-0.3, -0.25) is 14.9 Å². The van der Waals surface area contributed by atoms with Gasteiger partial charge in [0.15, 0.2) is 0 Å². The minimum absolute atomic E-state index is 0.0898. The van der Waals surface area contributed by atoms with Crippen LogP contribution in [0.25, 0.3) is 0 Å². The molecule has 36 heavy (non-hydrogen) atoms. The van der Waals surface area contributed by atoms with Gasteiger partial charge in [-0.25, -0.2) is 9.88 Å². The van der Waals surface area contributed by atoms with E-state index in [-0.39, 0.29) is 30.5 Å². The van der Waals surface area contributed by atoms with Crippen molar-refractivity contribution in [2.45, 2.75) is 66.1 Å². The van der Waals surface area contributed by atoms with Gasteiger partial charge in [-0.15, -0.1) is 0 Å². The molecule has 198 valence electrons. The van der Waals surface area contributed by atoms with Crippen molar-refractivity contribution in [3.8, 4) is 0 Å². The quantitative estimate of drug-likeness (QED) is 0.320. The maximum Gasteiger partial charge on any atom is 0.331 e. The average molecular weight is 517 g/mol. The highest BCUT2D eigenvalue weighted by Crippen LogP contribution is 2.45. The van der Waals surface area contributed by atoms with Gasteiger partial charge in [0, 0.05) is 0 Å². The summed E-state index contributed by atoms with van der Waals surface area (Å²) in [7, 11) is -4.04. The molecular weight excluding hydrogens is 475 g/mol. The van der Waals surface area contributed by atoms with E-state index in [1.54, 1.807) is 31.2 Å². The van der Waals surface area contributed by atoms with Crippen molar-refractivity contribution in [3.05, 3.63) is 71.8 Å². The maximum atomic E-state index is 14.1. The fourth-order valence-electron chi connectivity index (χ4n) is 3.45. The van der Waals surface area contributed by atoms with E-state index in [0.29, 0.717) is 5.56 Å². The fourth-order valence-corrected chi connectivity index (χ4v) is 5.40. The van der Waals surface area contributed by atoms with Gasteiger partial charge < -0.3 is 9.47 Å². The third-order valence-corrected chi connectivity index (χ3v) is 7.56. The van der Waals surface area contributed by atoms with Crippen molar-refractivity contribution < 1.29 is 23.6 Å². The number of benzene rings is 2. The molecule has 0 radical (unpaired) electrons. The van der Waals surface area contributed by atoms with Crippen LogP contribution >= 0.6 is 7.44 Å². The van der Waals surface area contributed by atoms with Crippen LogP contribution in [0.1, 0.15) is 59.6 Å². The largest absolute Gasteiger partial charge is 0.464 e. The molecule has 0 aromatic heterocycles. The highest BCUT2D eigenvalue weighted by molar-refractivity contribution is 7.61. The van der Waals surface area contributed by atoms with E-state index in [1.807, 2.05) is 77.9 Å². The Kier molecular flexibility index (Phi) is 9.69. The Bertz CT molecular complexity index is 1060. The molecule has 3 N–H and O–H groups in total. The zero-order valence-corrected chi connectivity index (χ0v) is 23.4. The summed E-state index contributed by atoms with van der Waals surface area (Å²) in [4.78, 5) is 26.7. The van der Waals surface area contributed by atoms with Crippen molar-refractivity contribution in [1.82, 2.24) is 5.09 Å². The van der Waals surface area contributed by atoms with Gasteiger partial charge >= 0.3 is 11.9 Å². The van der Waals surface area contributed by atoms with Crippen LogP contribution in [0.15, 0.2) is 60.7 Å². The summed E-state index contributed by atoms with van der Waals surface area (Å²) in [5.41, 5.74) is 4.41. The van der Waals surface area contributed by atoms with Gasteiger partial charge in [-0.05, 0) is 35.3 Å². The van der Waals surface area contributed by atoms with Crippen LogP contribution < -0.4 is 10.6 Å². The number of carbonyl (C=O) groups excluding carboxylic acids is 2. The zero-order valence-electron chi connectivity index (χ0n) is 22.5. The van der Waals surface area contributed by atoms with Crippen molar-refractivity contribution in [2.24, 2.45) is 16.3 Å². The molecular formula is C28H41N2O5P. The topological polar surface area (TPSA) is 108 Å². The Morgan fingerprint density at radius 2 is 1.31 bits per heavy atom. The van der Waals surface area contributed by atoms with Crippen LogP contribution in [0.2, 0.25) is 0 Å². The Labute approximate surface area is 215 Å². The van der Waals surface area contributed by atoms with Crippen LogP contribution in [0.4, 0.5) is 0 Å². The second kappa shape index (κ2) is 11.7. The number of hydrogen-bond donors (Lipinski definition) is 2. The summed E-state index contributed by atoms with van der Waals surface area (Å²) < 4.78 is 25.3. The lowest BCUT2D eigenvalue weighted by molar-refractivity contribution is -0.153. The first kappa shape index (κ1) is 29.8. The Morgan fingerprint density at radius 1 is 0.833 bits per heavy atom. The first-order valence-corrected chi connectivity index (χ1v) is 14.0. The number of nitrogens with two attached hydrogens (primary N) is 1. The molecule has 8 heteroatoms. The van der Waals surface area contributed by atoms with Crippen LogP contribution in [0.3, 0.4) is 0 Å². The molecule has 0 amide bonds. The number of carbonyl (C=O) groups is 2. The number of esters is 2. The van der Waals surface area contributed by atoms with Crippen LogP contribution in [0, 0.1) is 10.8 Å². The molecule has 0 saturated heterocycles. The lowest BCUT2D eigenvalue weighted by atomic mass is 9.93. The summed E-state index contributed by atoms with van der Waals surface area (Å²) in [5.74, 6) is -1.30. The van der Waals surface area contributed by atoms with E-state index < -0.39 is 30.6 Å². The van der Waals surface area contributed by atoms with Gasteiger partial charge in [-0.2, -0.15) is 0 Å². The zero-order chi connectivity index (χ0) is 27.2. The molecule has 0 saturated carbocycles. The smallest absolute Gasteiger partial charge is 0.331 e. The Morgan fingerprint density at radius 3 is 1.81 bits per heavy atom. The summed E-state index contributed by atoms with van der Waals surface area (Å²) >= 11 is 0. The predicted octanol–water partition coefficient (Wildman–Crippen LogP) is 5.43. The van der Waals surface area contributed by atoms with E-state index in [2.05, 4.69) is 5.09 Å². The van der Waals surface area contributed by atoms with Crippen LogP contribution in [-0.2, 0) is 35.6 Å². The van der Waals surface area contributed by atoms with Gasteiger partial charge in [0.2, 0.25) is 7.44 Å². The Balaban J connectivity index is 2.45. The molecule has 3 atom stereocenters. The lowest BCUT2D eigenvalue weighted by Crippen LogP contribution is -2.50. The van der Waals surface area contributed by atoms with Gasteiger partial charge in [-0.1, -0.05) is 102 Å². The van der Waals surface area contributed by atoms with E-state index in [0.717, 1.165) is 5.56 Å². The molecule has 0 aliphatic carbocycles. The Hall–Kier alpha value is -2.47. The number of nitrogens with one attached hydrogen (secondary N) is 1. The maximum absolute atomic E-state index is 14.1. The van der Waals surface area contributed by atoms with Gasteiger partial charge in [0.1, 0.15) is 11.2 Å². The standard InChI is InChI=1S/C28H41N2O5P/c1-26(2,3)19-34-24(31)23(18-21-14-10-8-11-15-21)36(29,33)30-28(7,22-16-12-9-13-17-22)25(32)35-20-27(4,5)6/h8-17,23H,18-20H2,1-7H3,(H3,29,30,33). The number of hydrogen-bond acceptors (Lipinski definition) is 5. The summed E-state index contributed by atoms with van der Waals surface area (Å²) in [5, 5.41) is 2.88. The van der Waals surface area contributed by atoms with Gasteiger partial charge in [0.05, 0.1) is 13.2 Å². The SMILES string of the molecule is CC(C)(C)COC(=O)C(Cc1ccccc1)P(N)(=O)NC(C)(C(=O)OCC(C)(C)C)c1ccccc1. The third-order valence-electron chi connectivity index (χ3n) is 5.45. The summed E-state index contributed by atoms with van der Waals surface area (Å²) in [6.07, 6.45) is 0.0898. The molecule has 2 rings (SSSR count). The monoisotopic (exact) mass is 516 g/mol. The van der Waals surface area contributed by atoms with Crippen molar-refractivity contribution in [2.75, 3.05) is 13.2 Å². The molecule has 3 unspecified atom stereocenters. The normalized spacial score (nSPS) is 16.3. The summed E-state index contributed by atoms with van der Waals surface area (Å²) in [6.45, 7) is 13.5. The molecule has 0 bridgehead atoms. The molecule has 7 nitrogen and oxygen atoms in total. The average Bonchev–Trinajstić information content (AvgIpc) is 2.79. The predicted molar refractivity (Wildman–Crippen MR) is 143 cm³/mol. The molecule has 0 aliphatic rings. The van der Waals surface area contributed by atoms with Crippen molar-refractivity contribution in [3.63, 3.8) is 0 Å². The number of ether oxygens (including phenoxy) is 2. The molecule has 2 aromatic carbocycles. The first-order chi connectivity index (χ1) is 16.5. The minimum atomic E-state index is -4.04. The number of rotatable bonds is 10. The highest BCUT2D eigenvalue weighted by atomic mass is 31.2. The van der Waals surface area contributed by atoms with E-state index in [9.17, 15) is 14.2 Å². The van der Waals surface area contributed by atoms with E-state index >= 15 is 0 Å². The van der Waals surface area contributed by atoms with Crippen molar-refractivity contribution >= 4 is 19.4 Å². The highest BCUT2D eigenvalue weighted by Gasteiger charge is 2.47. The molecule has 0 spiro atoms. The molecule has 0 heterocycles. The van der Waals surface area contributed by atoms with Crippen molar-refractivity contribution in [1.29, 1.82) is 0 Å². The van der Waals surface area contributed by atoms with E-state index in [4.69, 9.17) is 15.0 Å². The summed E-state index contributed by atoms with van der Waals surface area (Å²) in [6, 6.07) is 18.0. The third kappa shape index (κ3) is 8.88. The lowest BCUT2D eigenvalue weighted by Gasteiger charge is -2.35. The molecule has 2 aromatic rings. The van der Waals surface area contributed by atoms with E-state index in [1.165, 1.54) is 0 Å². The first-order valence-electron chi connectivity index (χ1n) is 12.1. The minimum Gasteiger partial charge on any atom is -0.464 e. The second-order valence-electron chi connectivity index (χ2n) is 11.8. The second-order valence-corrected chi connectivity index (χ2v) is 14.1. The van der Waals surface area contributed by atoms with Crippen LogP contribution in [-0.4, -0.2) is 30.8 Å². The van der Waals surface area contributed by atoms with Gasteiger partial charge in [0.25, 0.3) is 0 Å². The molecule has 0 fully saturated rings. The van der Waals surface area contributed by atoms with Crippen LogP contribution in [0.5, 0.6) is 0 Å².